The number of carbonyl (C=O) groups excluding carboxylic acids is 1. The quantitative estimate of drug-likeness (QED) is 0.624. The minimum atomic E-state index is -0.000553. The summed E-state index contributed by atoms with van der Waals surface area (Å²) in [5, 5.41) is 1.48. The maximum atomic E-state index is 12.5. The number of aryl methyl sites for hydroxylation is 2. The average molecular weight is 314 g/mol. The topological polar surface area (TPSA) is 26.3 Å². The molecule has 0 saturated heterocycles. The summed E-state index contributed by atoms with van der Waals surface area (Å²) in [7, 11) is 1.59. The number of methoxy groups -OCH3 is 1. The van der Waals surface area contributed by atoms with E-state index in [9.17, 15) is 4.79 Å². The normalized spacial score (nSPS) is 10.5. The van der Waals surface area contributed by atoms with Gasteiger partial charge in [0, 0.05) is 0 Å². The molecule has 0 aromatic heterocycles. The van der Waals surface area contributed by atoms with Crippen molar-refractivity contribution in [1.82, 2.24) is 0 Å². The van der Waals surface area contributed by atoms with E-state index in [0.29, 0.717) is 16.3 Å². The first-order chi connectivity index (χ1) is 9.52. The molecular formula is C16H16ClLiO2P+. The number of hydrogen-bond donors (Lipinski definition) is 0. The first-order valence-corrected chi connectivity index (χ1v) is 7.62. The van der Waals surface area contributed by atoms with Crippen molar-refractivity contribution in [3.8, 4) is 5.75 Å². The first-order valence-electron chi connectivity index (χ1n) is 6.24. The molecule has 0 N–H and O–H groups in total. The molecule has 2 aromatic rings. The standard InChI is InChI=1S/C16H16ClO2P.Li/c1-10-7-8-14(11(2)9-10)20-16(18)15-12(17)5-4-6-13(15)19-3;/h4-9,20H,1-3H3;/q;+1. The Labute approximate surface area is 144 Å². The largest absolute Gasteiger partial charge is 1.00 e. The molecule has 2 rings (SSSR count). The second kappa shape index (κ2) is 8.02. The van der Waals surface area contributed by atoms with E-state index in [4.69, 9.17) is 16.3 Å². The summed E-state index contributed by atoms with van der Waals surface area (Å²) in [4.78, 5) is 12.5. The van der Waals surface area contributed by atoms with Crippen LogP contribution in [-0.2, 0) is 0 Å². The van der Waals surface area contributed by atoms with Gasteiger partial charge >= 0.3 is 18.9 Å². The maximum absolute atomic E-state index is 12.5. The van der Waals surface area contributed by atoms with Crippen LogP contribution >= 0.6 is 20.2 Å². The van der Waals surface area contributed by atoms with Crippen molar-refractivity contribution in [1.29, 1.82) is 0 Å². The minimum absolute atomic E-state index is 0. The smallest absolute Gasteiger partial charge is 0.496 e. The van der Waals surface area contributed by atoms with Crippen molar-refractivity contribution in [3.05, 3.63) is 58.1 Å². The van der Waals surface area contributed by atoms with Crippen molar-refractivity contribution in [2.75, 3.05) is 7.11 Å². The number of benzene rings is 2. The van der Waals surface area contributed by atoms with Gasteiger partial charge in [0.25, 0.3) is 0 Å². The van der Waals surface area contributed by atoms with E-state index in [0.717, 1.165) is 10.9 Å². The molecule has 0 radical (unpaired) electrons. The van der Waals surface area contributed by atoms with Gasteiger partial charge in [-0.05, 0) is 45.4 Å². The fraction of sp³-hybridized carbons (Fsp3) is 0.188. The molecule has 0 fully saturated rings. The van der Waals surface area contributed by atoms with Gasteiger partial charge in [-0.1, -0.05) is 41.4 Å². The third-order valence-corrected chi connectivity index (χ3v) is 4.67. The van der Waals surface area contributed by atoms with Crippen LogP contribution in [0.1, 0.15) is 21.5 Å². The van der Waals surface area contributed by atoms with Crippen LogP contribution in [-0.4, -0.2) is 12.6 Å². The number of carbonyl (C=O) groups is 1. The Bertz CT molecular complexity index is 659. The van der Waals surface area contributed by atoms with Gasteiger partial charge in [0.15, 0.2) is 5.52 Å². The summed E-state index contributed by atoms with van der Waals surface area (Å²) >= 11 is 6.14. The molecule has 104 valence electrons. The third kappa shape index (κ3) is 4.35. The molecule has 5 heteroatoms. The van der Waals surface area contributed by atoms with Gasteiger partial charge in [0.05, 0.1) is 17.7 Å². The molecule has 1 unspecified atom stereocenters. The number of ether oxygens (including phenoxy) is 1. The average Bonchev–Trinajstić information content (AvgIpc) is 2.41. The Morgan fingerprint density at radius 2 is 1.90 bits per heavy atom. The van der Waals surface area contributed by atoms with Crippen molar-refractivity contribution in [3.63, 3.8) is 0 Å². The Balaban J connectivity index is 0.00000220. The van der Waals surface area contributed by atoms with E-state index in [1.165, 1.54) is 5.56 Å². The van der Waals surface area contributed by atoms with Gasteiger partial charge < -0.3 is 4.74 Å². The Morgan fingerprint density at radius 3 is 2.52 bits per heavy atom. The van der Waals surface area contributed by atoms with Crippen LogP contribution in [0.25, 0.3) is 0 Å². The van der Waals surface area contributed by atoms with E-state index in [1.54, 1.807) is 25.3 Å². The third-order valence-electron chi connectivity index (χ3n) is 3.05. The molecular weight excluding hydrogens is 298 g/mol. The summed E-state index contributed by atoms with van der Waals surface area (Å²) in [5.74, 6) is 0.528. The molecule has 0 aliphatic rings. The Morgan fingerprint density at radius 1 is 1.19 bits per heavy atom. The number of rotatable bonds is 4. The van der Waals surface area contributed by atoms with Crippen molar-refractivity contribution in [2.24, 2.45) is 0 Å². The van der Waals surface area contributed by atoms with Crippen LogP contribution in [0.15, 0.2) is 36.4 Å². The SMILES string of the molecule is COc1cccc(Cl)c1C(=O)Pc1ccc(C)cc1C.[Li+]. The van der Waals surface area contributed by atoms with Crippen molar-refractivity contribution >= 4 is 31.0 Å². The van der Waals surface area contributed by atoms with Gasteiger partial charge in [-0.15, -0.1) is 0 Å². The predicted octanol–water partition coefficient (Wildman–Crippen LogP) is 1.11. The van der Waals surface area contributed by atoms with E-state index in [2.05, 4.69) is 6.07 Å². The molecule has 0 spiro atoms. The van der Waals surface area contributed by atoms with Gasteiger partial charge in [-0.3, -0.25) is 4.79 Å². The van der Waals surface area contributed by atoms with Crippen LogP contribution in [0.5, 0.6) is 5.75 Å². The first kappa shape index (κ1) is 18.3. The molecule has 2 nitrogen and oxygen atoms in total. The minimum Gasteiger partial charge on any atom is -0.496 e. The summed E-state index contributed by atoms with van der Waals surface area (Å²) in [6.45, 7) is 4.06. The van der Waals surface area contributed by atoms with Gasteiger partial charge in [-0.2, -0.15) is 0 Å². The molecule has 2 aromatic carbocycles. The molecule has 1 atom stereocenters. The van der Waals surface area contributed by atoms with Crippen LogP contribution < -0.4 is 28.9 Å². The molecule has 0 bridgehead atoms. The van der Waals surface area contributed by atoms with Crippen molar-refractivity contribution < 1.29 is 28.4 Å². The van der Waals surface area contributed by atoms with E-state index >= 15 is 0 Å². The zero-order chi connectivity index (χ0) is 14.7. The molecule has 0 saturated carbocycles. The number of halogens is 1. The molecule has 0 amide bonds. The molecule has 0 aliphatic carbocycles. The van der Waals surface area contributed by atoms with Gasteiger partial charge in [0.2, 0.25) is 0 Å². The van der Waals surface area contributed by atoms with E-state index < -0.39 is 0 Å². The van der Waals surface area contributed by atoms with E-state index in [-0.39, 0.29) is 33.0 Å². The summed E-state index contributed by atoms with van der Waals surface area (Å²) in [6.07, 6.45) is 0. The van der Waals surface area contributed by atoms with Crippen LogP contribution in [0, 0.1) is 13.8 Å². The fourth-order valence-electron chi connectivity index (χ4n) is 2.03. The van der Waals surface area contributed by atoms with Crippen molar-refractivity contribution in [2.45, 2.75) is 13.8 Å². The monoisotopic (exact) mass is 313 g/mol. The predicted molar refractivity (Wildman–Crippen MR) is 86.2 cm³/mol. The summed E-state index contributed by atoms with van der Waals surface area (Å²) < 4.78 is 5.23. The fourth-order valence-corrected chi connectivity index (χ4v) is 3.43. The Hall–Kier alpha value is -0.773. The molecule has 0 heterocycles. The zero-order valence-electron chi connectivity index (χ0n) is 12.7. The van der Waals surface area contributed by atoms with Gasteiger partial charge in [-0.25, -0.2) is 0 Å². The van der Waals surface area contributed by atoms with Crippen LogP contribution in [0.4, 0.5) is 0 Å². The number of hydrogen-bond acceptors (Lipinski definition) is 2. The van der Waals surface area contributed by atoms with Crippen LogP contribution in [0.2, 0.25) is 5.02 Å². The molecule has 21 heavy (non-hydrogen) atoms. The van der Waals surface area contributed by atoms with E-state index in [1.807, 2.05) is 26.0 Å². The van der Waals surface area contributed by atoms with Gasteiger partial charge in [0.1, 0.15) is 5.75 Å². The molecule has 0 aliphatic heterocycles. The second-order valence-electron chi connectivity index (χ2n) is 4.59. The van der Waals surface area contributed by atoms with Crippen LogP contribution in [0.3, 0.4) is 0 Å². The zero-order valence-corrected chi connectivity index (χ0v) is 14.4. The Kier molecular flexibility index (Phi) is 6.98. The maximum Gasteiger partial charge on any atom is 1.00 e. The summed E-state index contributed by atoms with van der Waals surface area (Å²) in [5.41, 5.74) is 2.79. The second-order valence-corrected chi connectivity index (χ2v) is 6.24. The summed E-state index contributed by atoms with van der Waals surface area (Å²) in [6, 6.07) is 11.4.